The lowest BCUT2D eigenvalue weighted by atomic mass is 9.95. The monoisotopic (exact) mass is 209 g/mol. The van der Waals surface area contributed by atoms with E-state index in [-0.39, 0.29) is 12.0 Å². The Morgan fingerprint density at radius 3 is 2.87 bits per heavy atom. The molecule has 0 saturated carbocycles. The number of hydrogen-bond donors (Lipinski definition) is 1. The minimum absolute atomic E-state index is 0.230. The number of aliphatic hydroxyl groups excluding tert-OH is 1. The van der Waals surface area contributed by atoms with E-state index in [1.165, 1.54) is 0 Å². The van der Waals surface area contributed by atoms with E-state index in [4.69, 9.17) is 4.74 Å². The van der Waals surface area contributed by atoms with Crippen LogP contribution in [-0.2, 0) is 6.42 Å². The molecule has 1 aromatic rings. The van der Waals surface area contributed by atoms with Gasteiger partial charge in [-0.1, -0.05) is 19.9 Å². The lowest BCUT2D eigenvalue weighted by molar-refractivity contribution is 0.112. The highest BCUT2D eigenvalue weighted by Crippen LogP contribution is 2.20. The van der Waals surface area contributed by atoms with Gasteiger partial charge in [0.15, 0.2) is 0 Å². The summed E-state index contributed by atoms with van der Waals surface area (Å²) in [6.07, 6.45) is 3.04. The fourth-order valence-electron chi connectivity index (χ4n) is 1.65. The van der Waals surface area contributed by atoms with Gasteiger partial charge in [-0.3, -0.25) is 0 Å². The van der Waals surface area contributed by atoms with Crippen LogP contribution in [0.1, 0.15) is 25.8 Å². The molecule has 0 saturated heterocycles. The summed E-state index contributed by atoms with van der Waals surface area (Å²) in [5.41, 5.74) is 1.06. The van der Waals surface area contributed by atoms with Crippen molar-refractivity contribution in [3.05, 3.63) is 23.9 Å². The van der Waals surface area contributed by atoms with E-state index in [1.54, 1.807) is 13.3 Å². The Morgan fingerprint density at radius 1 is 1.53 bits per heavy atom. The van der Waals surface area contributed by atoms with Crippen molar-refractivity contribution in [1.82, 2.24) is 4.98 Å². The molecular formula is C12H19NO2. The second-order valence-electron chi connectivity index (χ2n) is 3.83. The highest BCUT2D eigenvalue weighted by Gasteiger charge is 2.15. The number of hydrogen-bond acceptors (Lipinski definition) is 3. The molecule has 0 spiro atoms. The van der Waals surface area contributed by atoms with Crippen LogP contribution in [0, 0.1) is 5.92 Å². The van der Waals surface area contributed by atoms with Crippen molar-refractivity contribution in [2.45, 2.75) is 32.8 Å². The van der Waals surface area contributed by atoms with Crippen LogP contribution in [0.4, 0.5) is 0 Å². The fourth-order valence-corrected chi connectivity index (χ4v) is 1.65. The smallest absolute Gasteiger partial charge is 0.216 e. The number of pyridine rings is 1. The molecule has 1 aromatic heterocycles. The van der Waals surface area contributed by atoms with Crippen LogP contribution in [0.25, 0.3) is 0 Å². The Hall–Kier alpha value is -1.09. The van der Waals surface area contributed by atoms with Crippen molar-refractivity contribution in [3.8, 4) is 5.88 Å². The number of aliphatic hydroxyl groups is 1. The van der Waals surface area contributed by atoms with E-state index >= 15 is 0 Å². The Labute approximate surface area is 91.1 Å². The summed E-state index contributed by atoms with van der Waals surface area (Å²) in [4.78, 5) is 4.13. The highest BCUT2D eigenvalue weighted by molar-refractivity contribution is 5.25. The van der Waals surface area contributed by atoms with Crippen molar-refractivity contribution in [3.63, 3.8) is 0 Å². The van der Waals surface area contributed by atoms with Crippen molar-refractivity contribution in [1.29, 1.82) is 0 Å². The van der Waals surface area contributed by atoms with Gasteiger partial charge in [-0.2, -0.15) is 0 Å². The van der Waals surface area contributed by atoms with E-state index in [0.29, 0.717) is 5.88 Å². The van der Waals surface area contributed by atoms with Crippen LogP contribution in [0.5, 0.6) is 5.88 Å². The van der Waals surface area contributed by atoms with E-state index in [2.05, 4.69) is 4.98 Å². The average molecular weight is 209 g/mol. The van der Waals surface area contributed by atoms with Crippen molar-refractivity contribution >= 4 is 0 Å². The Kier molecular flexibility index (Phi) is 4.56. The molecule has 0 aliphatic heterocycles. The second-order valence-corrected chi connectivity index (χ2v) is 3.83. The van der Waals surface area contributed by atoms with Crippen molar-refractivity contribution in [2.75, 3.05) is 7.11 Å². The molecule has 0 radical (unpaired) electrons. The number of rotatable bonds is 5. The predicted octanol–water partition coefficient (Wildman–Crippen LogP) is 2.04. The fraction of sp³-hybridized carbons (Fsp3) is 0.583. The van der Waals surface area contributed by atoms with Gasteiger partial charge in [-0.05, 0) is 24.8 Å². The molecule has 84 valence electrons. The molecule has 0 aliphatic carbocycles. The number of ether oxygens (including phenoxy) is 1. The summed E-state index contributed by atoms with van der Waals surface area (Å²) in [6.45, 7) is 4.03. The zero-order chi connectivity index (χ0) is 11.3. The van der Waals surface area contributed by atoms with Crippen LogP contribution in [0.15, 0.2) is 18.3 Å². The van der Waals surface area contributed by atoms with Gasteiger partial charge < -0.3 is 9.84 Å². The molecule has 2 unspecified atom stereocenters. The van der Waals surface area contributed by atoms with Crippen LogP contribution in [-0.4, -0.2) is 23.3 Å². The molecule has 3 heteroatoms. The third-order valence-electron chi connectivity index (χ3n) is 2.66. The second kappa shape index (κ2) is 5.71. The predicted molar refractivity (Wildman–Crippen MR) is 60.0 cm³/mol. The van der Waals surface area contributed by atoms with Gasteiger partial charge in [0.25, 0.3) is 0 Å². The molecule has 0 bridgehead atoms. The van der Waals surface area contributed by atoms with Crippen LogP contribution in [0.2, 0.25) is 0 Å². The lowest BCUT2D eigenvalue weighted by Gasteiger charge is -2.17. The summed E-state index contributed by atoms with van der Waals surface area (Å²) in [7, 11) is 1.62. The number of nitrogens with zero attached hydrogens (tertiary/aromatic N) is 1. The van der Waals surface area contributed by atoms with Gasteiger partial charge in [0.05, 0.1) is 13.2 Å². The first kappa shape index (κ1) is 12.0. The van der Waals surface area contributed by atoms with Crippen LogP contribution in [0.3, 0.4) is 0 Å². The largest absolute Gasteiger partial charge is 0.481 e. The molecule has 0 amide bonds. The average Bonchev–Trinajstić information content (AvgIpc) is 2.28. The number of aromatic nitrogens is 1. The van der Waals surface area contributed by atoms with E-state index < -0.39 is 0 Å². The first-order chi connectivity index (χ1) is 7.19. The molecule has 2 atom stereocenters. The summed E-state index contributed by atoms with van der Waals surface area (Å²) in [5.74, 6) is 0.890. The molecule has 1 rings (SSSR count). The normalized spacial score (nSPS) is 14.7. The molecule has 3 nitrogen and oxygen atoms in total. The first-order valence-corrected chi connectivity index (χ1v) is 5.35. The highest BCUT2D eigenvalue weighted by atomic mass is 16.5. The maximum atomic E-state index is 9.69. The zero-order valence-electron chi connectivity index (χ0n) is 9.60. The lowest BCUT2D eigenvalue weighted by Crippen LogP contribution is -2.18. The standard InChI is InChI=1S/C12H19NO2/c1-4-11(14)9(2)8-10-6-5-7-13-12(10)15-3/h5-7,9,11,14H,4,8H2,1-3H3. The minimum Gasteiger partial charge on any atom is -0.481 e. The van der Waals surface area contributed by atoms with Gasteiger partial charge in [-0.25, -0.2) is 4.98 Å². The Morgan fingerprint density at radius 2 is 2.27 bits per heavy atom. The van der Waals surface area contributed by atoms with Crippen LogP contribution < -0.4 is 4.74 Å². The van der Waals surface area contributed by atoms with E-state index in [0.717, 1.165) is 18.4 Å². The Balaban J connectivity index is 2.71. The molecule has 0 fully saturated rings. The quantitative estimate of drug-likeness (QED) is 0.807. The molecule has 15 heavy (non-hydrogen) atoms. The first-order valence-electron chi connectivity index (χ1n) is 5.35. The van der Waals surface area contributed by atoms with E-state index in [1.807, 2.05) is 26.0 Å². The zero-order valence-corrected chi connectivity index (χ0v) is 9.60. The van der Waals surface area contributed by atoms with Crippen LogP contribution >= 0.6 is 0 Å². The molecule has 1 N–H and O–H groups in total. The maximum Gasteiger partial charge on any atom is 0.216 e. The van der Waals surface area contributed by atoms with Gasteiger partial charge >= 0.3 is 0 Å². The topological polar surface area (TPSA) is 42.4 Å². The van der Waals surface area contributed by atoms with Gasteiger partial charge in [0.1, 0.15) is 0 Å². The third kappa shape index (κ3) is 3.20. The Bertz CT molecular complexity index is 301. The molecule has 0 aliphatic rings. The van der Waals surface area contributed by atoms with Crippen molar-refractivity contribution < 1.29 is 9.84 Å². The van der Waals surface area contributed by atoms with Gasteiger partial charge in [0.2, 0.25) is 5.88 Å². The van der Waals surface area contributed by atoms with Crippen molar-refractivity contribution in [2.24, 2.45) is 5.92 Å². The van der Waals surface area contributed by atoms with Gasteiger partial charge in [0, 0.05) is 11.8 Å². The molecule has 0 aromatic carbocycles. The van der Waals surface area contributed by atoms with Gasteiger partial charge in [-0.15, -0.1) is 0 Å². The third-order valence-corrected chi connectivity index (χ3v) is 2.66. The molecule has 1 heterocycles. The minimum atomic E-state index is -0.255. The summed E-state index contributed by atoms with van der Waals surface area (Å²) in [6, 6.07) is 3.88. The SMILES string of the molecule is CCC(O)C(C)Cc1cccnc1OC. The number of methoxy groups -OCH3 is 1. The summed E-state index contributed by atoms with van der Waals surface area (Å²) in [5, 5.41) is 9.69. The van der Waals surface area contributed by atoms with E-state index in [9.17, 15) is 5.11 Å². The molecular weight excluding hydrogens is 190 g/mol. The summed E-state index contributed by atoms with van der Waals surface area (Å²) < 4.78 is 5.17. The maximum absolute atomic E-state index is 9.69. The summed E-state index contributed by atoms with van der Waals surface area (Å²) >= 11 is 0.